The van der Waals surface area contributed by atoms with Crippen LogP contribution >= 0.6 is 0 Å². The van der Waals surface area contributed by atoms with E-state index in [4.69, 9.17) is 5.41 Å². The summed E-state index contributed by atoms with van der Waals surface area (Å²) >= 11 is 0. The number of nitro groups is 1. The molecule has 35 heavy (non-hydrogen) atoms. The highest BCUT2D eigenvalue weighted by atomic mass is 16.7. The Morgan fingerprint density at radius 3 is 2.54 bits per heavy atom. The average molecular weight is 487 g/mol. The number of fused-ring (bicyclic) bond motifs is 1. The van der Waals surface area contributed by atoms with Crippen LogP contribution in [-0.4, -0.2) is 63.5 Å². The number of hydrogen-bond donors (Lipinski definition) is 7. The third-order valence-corrected chi connectivity index (χ3v) is 5.04. The Morgan fingerprint density at radius 1 is 1.17 bits per heavy atom. The number of hydrogen-bond acceptors (Lipinski definition) is 8. The van der Waals surface area contributed by atoms with Gasteiger partial charge in [0.1, 0.15) is 11.7 Å². The fourth-order valence-corrected chi connectivity index (χ4v) is 3.39. The minimum absolute atomic E-state index is 0.0706. The molecule has 1 aromatic carbocycles. The molecule has 0 spiro atoms. The lowest BCUT2D eigenvalue weighted by Gasteiger charge is -2.24. The Bertz CT molecular complexity index is 1050. The van der Waals surface area contributed by atoms with Gasteiger partial charge in [0.25, 0.3) is 11.9 Å². The van der Waals surface area contributed by atoms with Gasteiger partial charge < -0.3 is 26.0 Å². The van der Waals surface area contributed by atoms with Crippen molar-refractivity contribution < 1.29 is 24.7 Å². The number of aromatic nitrogens is 1. The van der Waals surface area contributed by atoms with Gasteiger partial charge in [-0.3, -0.25) is 15.0 Å². The summed E-state index contributed by atoms with van der Waals surface area (Å²) in [6, 6.07) is 9.48. The molecule has 0 saturated heterocycles. The first kappa shape index (κ1) is 27.5. The van der Waals surface area contributed by atoms with Crippen LogP contribution < -0.4 is 21.4 Å². The fraction of sp³-hybridized carbons (Fsp3) is 0.429. The van der Waals surface area contributed by atoms with Gasteiger partial charge in [0, 0.05) is 11.9 Å². The lowest BCUT2D eigenvalue weighted by Crippen LogP contribution is -2.54. The second kappa shape index (κ2) is 13.2. The summed E-state index contributed by atoms with van der Waals surface area (Å²) in [5.74, 6) is -2.58. The van der Waals surface area contributed by atoms with Crippen LogP contribution in [0.3, 0.4) is 0 Å². The molecule has 0 aliphatic heterocycles. The van der Waals surface area contributed by atoms with Crippen LogP contribution in [0.1, 0.15) is 43.6 Å². The Morgan fingerprint density at radius 2 is 1.89 bits per heavy atom. The van der Waals surface area contributed by atoms with E-state index in [0.717, 1.165) is 5.39 Å². The zero-order chi connectivity index (χ0) is 26.0. The van der Waals surface area contributed by atoms with Gasteiger partial charge in [-0.05, 0) is 37.3 Å². The highest BCUT2D eigenvalue weighted by Crippen LogP contribution is 2.12. The summed E-state index contributed by atoms with van der Waals surface area (Å²) < 4.78 is 0. The van der Waals surface area contributed by atoms with E-state index in [9.17, 15) is 29.8 Å². The normalized spacial score (nSPS) is 12.5. The van der Waals surface area contributed by atoms with E-state index in [1.165, 1.54) is 6.07 Å². The van der Waals surface area contributed by atoms with Gasteiger partial charge in [0.05, 0.1) is 11.5 Å². The summed E-state index contributed by atoms with van der Waals surface area (Å²) in [4.78, 5) is 40.5. The molecular formula is C21H30BN7O6. The second-order valence-corrected chi connectivity index (χ2v) is 8.39. The minimum atomic E-state index is -1.78. The van der Waals surface area contributed by atoms with Crippen LogP contribution in [0, 0.1) is 21.4 Å². The zero-order valence-electron chi connectivity index (χ0n) is 19.5. The first-order valence-electron chi connectivity index (χ1n) is 11.1. The molecule has 2 aromatic rings. The predicted molar refractivity (Wildman–Crippen MR) is 130 cm³/mol. The van der Waals surface area contributed by atoms with Crippen LogP contribution in [0.5, 0.6) is 0 Å². The predicted octanol–water partition coefficient (Wildman–Crippen LogP) is -0.0380. The van der Waals surface area contributed by atoms with Crippen molar-refractivity contribution in [3.05, 3.63) is 52.2 Å². The molecule has 0 bridgehead atoms. The van der Waals surface area contributed by atoms with Crippen LogP contribution in [0.4, 0.5) is 0 Å². The van der Waals surface area contributed by atoms with E-state index in [-0.39, 0.29) is 31.0 Å². The van der Waals surface area contributed by atoms with Gasteiger partial charge in [-0.25, -0.2) is 15.1 Å². The number of guanidine groups is 1. The summed E-state index contributed by atoms with van der Waals surface area (Å²) in [5.41, 5.74) is 2.38. The van der Waals surface area contributed by atoms with Crippen molar-refractivity contribution in [2.24, 2.45) is 5.92 Å². The van der Waals surface area contributed by atoms with Crippen LogP contribution in [-0.2, 0) is 4.79 Å². The Kier molecular flexibility index (Phi) is 10.4. The molecule has 14 heteroatoms. The Labute approximate surface area is 202 Å². The van der Waals surface area contributed by atoms with Gasteiger partial charge in [0.2, 0.25) is 5.91 Å². The van der Waals surface area contributed by atoms with Crippen molar-refractivity contribution in [2.75, 3.05) is 6.54 Å². The van der Waals surface area contributed by atoms with Crippen LogP contribution in [0.2, 0.25) is 0 Å². The number of carbonyl (C=O) groups is 2. The smallest absolute Gasteiger partial charge is 0.426 e. The standard InChI is InChI=1S/C21H30BN7O6/c1-13(2)12-18(22(32)33)27-20(31)16(8-5-11-24-21(23)28-29(34)35)26-19(30)17-10-9-14-6-3-4-7-15(14)25-17/h3-4,6-7,9-10,13,16,18,32-33H,5,8,11-12H2,1-2H3,(H,26,30)(H,27,31)(H3,23,24,28)/t16-,18-/m0/s1. The number of pyridine rings is 1. The number of nitrogens with one attached hydrogen (secondary N) is 5. The van der Waals surface area contributed by atoms with Crippen LogP contribution in [0.25, 0.3) is 10.9 Å². The van der Waals surface area contributed by atoms with Crippen molar-refractivity contribution >= 4 is 35.8 Å². The fourth-order valence-electron chi connectivity index (χ4n) is 3.39. The van der Waals surface area contributed by atoms with E-state index in [0.29, 0.717) is 11.9 Å². The maximum atomic E-state index is 13.0. The molecule has 0 radical (unpaired) electrons. The number of benzene rings is 1. The molecule has 0 aliphatic carbocycles. The van der Waals surface area contributed by atoms with Gasteiger partial charge in [0.15, 0.2) is 5.03 Å². The molecule has 188 valence electrons. The van der Waals surface area contributed by atoms with Gasteiger partial charge in [-0.1, -0.05) is 43.5 Å². The molecule has 0 aliphatic rings. The minimum Gasteiger partial charge on any atom is -0.426 e. The highest BCUT2D eigenvalue weighted by molar-refractivity contribution is 6.43. The number of amides is 2. The Balaban J connectivity index is 2.11. The molecule has 2 rings (SSSR count). The molecule has 13 nitrogen and oxygen atoms in total. The summed E-state index contributed by atoms with van der Waals surface area (Å²) in [5, 5.41) is 44.8. The van der Waals surface area contributed by atoms with Crippen molar-refractivity contribution in [3.63, 3.8) is 0 Å². The number of para-hydroxylation sites is 1. The molecule has 1 aromatic heterocycles. The van der Waals surface area contributed by atoms with E-state index >= 15 is 0 Å². The number of nitrogens with zero attached hydrogens (tertiary/aromatic N) is 2. The van der Waals surface area contributed by atoms with E-state index in [2.05, 4.69) is 20.9 Å². The van der Waals surface area contributed by atoms with E-state index < -0.39 is 41.9 Å². The largest absolute Gasteiger partial charge is 0.475 e. The van der Waals surface area contributed by atoms with Crippen molar-refractivity contribution in [3.8, 4) is 0 Å². The molecule has 0 unspecified atom stereocenters. The second-order valence-electron chi connectivity index (χ2n) is 8.39. The molecule has 2 amide bonds. The molecule has 1 heterocycles. The Hall–Kier alpha value is -3.78. The number of carbonyl (C=O) groups excluding carboxylic acids is 2. The van der Waals surface area contributed by atoms with Gasteiger partial charge >= 0.3 is 7.12 Å². The average Bonchev–Trinajstić information content (AvgIpc) is 2.79. The van der Waals surface area contributed by atoms with E-state index in [1.807, 2.05) is 26.0 Å². The topological polar surface area (TPSA) is 203 Å². The monoisotopic (exact) mass is 487 g/mol. The summed E-state index contributed by atoms with van der Waals surface area (Å²) in [6.45, 7) is 3.85. The van der Waals surface area contributed by atoms with Crippen LogP contribution in [0.15, 0.2) is 36.4 Å². The quantitative estimate of drug-likeness (QED) is 0.0535. The third-order valence-electron chi connectivity index (χ3n) is 5.04. The lowest BCUT2D eigenvalue weighted by molar-refractivity contribution is -0.525. The zero-order valence-corrected chi connectivity index (χ0v) is 19.5. The van der Waals surface area contributed by atoms with Crippen molar-refractivity contribution in [1.82, 2.24) is 26.4 Å². The highest BCUT2D eigenvalue weighted by Gasteiger charge is 2.30. The molecule has 2 atom stereocenters. The first-order chi connectivity index (χ1) is 16.6. The first-order valence-corrected chi connectivity index (χ1v) is 11.1. The number of hydrazine groups is 1. The van der Waals surface area contributed by atoms with Gasteiger partial charge in [-0.2, -0.15) is 0 Å². The summed E-state index contributed by atoms with van der Waals surface area (Å²) in [6.07, 6.45) is 0.684. The molecule has 0 saturated carbocycles. The third kappa shape index (κ3) is 9.18. The van der Waals surface area contributed by atoms with Gasteiger partial charge in [-0.15, -0.1) is 0 Å². The molecule has 0 fully saturated rings. The molecular weight excluding hydrogens is 457 g/mol. The number of rotatable bonds is 12. The van der Waals surface area contributed by atoms with E-state index in [1.54, 1.807) is 23.6 Å². The lowest BCUT2D eigenvalue weighted by atomic mass is 9.75. The molecule has 7 N–H and O–H groups in total. The maximum absolute atomic E-state index is 13.0. The summed E-state index contributed by atoms with van der Waals surface area (Å²) in [7, 11) is -1.78. The van der Waals surface area contributed by atoms with Crippen molar-refractivity contribution in [2.45, 2.75) is 45.1 Å². The SMILES string of the molecule is CC(C)C[C@H](NC(=O)[C@H](CCCNC(=N)N[N+](=O)[O-])NC(=O)c1ccc2ccccc2n1)B(O)O. The van der Waals surface area contributed by atoms with Crippen molar-refractivity contribution in [1.29, 1.82) is 5.41 Å². The maximum Gasteiger partial charge on any atom is 0.475 e.